The molecule has 4 rings (SSSR count). The Morgan fingerprint density at radius 2 is 1.86 bits per heavy atom. The second kappa shape index (κ2) is 10.3. The minimum absolute atomic E-state index is 0.0935. The molecular weight excluding hydrogens is 537 g/mol. The van der Waals surface area contributed by atoms with E-state index in [1.54, 1.807) is 6.07 Å². The van der Waals surface area contributed by atoms with Crippen molar-refractivity contribution in [1.82, 2.24) is 19.1 Å². The highest BCUT2D eigenvalue weighted by Crippen LogP contribution is 2.59. The molecule has 2 heterocycles. The van der Waals surface area contributed by atoms with Crippen LogP contribution in [0.15, 0.2) is 59.6 Å². The lowest BCUT2D eigenvalue weighted by Gasteiger charge is -2.22. The molecule has 1 saturated carbocycles. The number of ether oxygens (including phenoxy) is 2. The SMILES string of the molecule is COCN(C(=O)c1ccc(-n2ccc(OCCC3(C(F)(F)F)CC3)n2)nc1Cl)S(=O)(=O)c1ccccc1. The van der Waals surface area contributed by atoms with E-state index in [0.29, 0.717) is 4.31 Å². The van der Waals surface area contributed by atoms with Gasteiger partial charge in [-0.15, -0.1) is 5.10 Å². The van der Waals surface area contributed by atoms with Crippen molar-refractivity contribution in [1.29, 1.82) is 0 Å². The number of methoxy groups -OCH3 is 1. The van der Waals surface area contributed by atoms with Gasteiger partial charge in [0.15, 0.2) is 5.82 Å². The number of carbonyl (C=O) groups excluding carboxylic acids is 1. The first-order chi connectivity index (χ1) is 17.5. The van der Waals surface area contributed by atoms with Crippen LogP contribution in [-0.4, -0.2) is 60.0 Å². The van der Waals surface area contributed by atoms with Crippen molar-refractivity contribution in [2.24, 2.45) is 5.41 Å². The molecule has 0 radical (unpaired) electrons. The van der Waals surface area contributed by atoms with Gasteiger partial charge in [-0.3, -0.25) is 4.79 Å². The molecule has 198 valence electrons. The summed E-state index contributed by atoms with van der Waals surface area (Å²) >= 11 is 6.23. The summed E-state index contributed by atoms with van der Waals surface area (Å²) in [6.45, 7) is -0.701. The van der Waals surface area contributed by atoms with Gasteiger partial charge in [-0.1, -0.05) is 29.8 Å². The van der Waals surface area contributed by atoms with E-state index in [-0.39, 0.29) is 53.2 Å². The van der Waals surface area contributed by atoms with E-state index in [1.807, 2.05) is 0 Å². The average Bonchev–Trinajstić information content (AvgIpc) is 3.52. The van der Waals surface area contributed by atoms with E-state index >= 15 is 0 Å². The van der Waals surface area contributed by atoms with Crippen LogP contribution in [0.4, 0.5) is 13.2 Å². The van der Waals surface area contributed by atoms with Crippen molar-refractivity contribution < 1.29 is 35.9 Å². The molecule has 3 aromatic rings. The third-order valence-electron chi connectivity index (χ3n) is 5.95. The Bertz CT molecular complexity index is 1380. The van der Waals surface area contributed by atoms with Gasteiger partial charge < -0.3 is 9.47 Å². The van der Waals surface area contributed by atoms with Crippen molar-refractivity contribution in [3.05, 3.63) is 65.4 Å². The number of rotatable bonds is 10. The lowest BCUT2D eigenvalue weighted by atomic mass is 10.0. The maximum Gasteiger partial charge on any atom is 0.394 e. The molecule has 0 aliphatic heterocycles. The fourth-order valence-electron chi connectivity index (χ4n) is 3.61. The van der Waals surface area contributed by atoms with Crippen molar-refractivity contribution in [3.8, 4) is 11.7 Å². The molecule has 1 amide bonds. The summed E-state index contributed by atoms with van der Waals surface area (Å²) in [4.78, 5) is 17.1. The molecule has 0 saturated heterocycles. The van der Waals surface area contributed by atoms with Crippen molar-refractivity contribution in [3.63, 3.8) is 0 Å². The van der Waals surface area contributed by atoms with E-state index in [1.165, 1.54) is 60.5 Å². The lowest BCUT2D eigenvalue weighted by molar-refractivity contribution is -0.190. The lowest BCUT2D eigenvalue weighted by Crippen LogP contribution is -2.38. The Labute approximate surface area is 215 Å². The largest absolute Gasteiger partial charge is 0.477 e. The first kappa shape index (κ1) is 26.9. The predicted octanol–water partition coefficient (Wildman–Crippen LogP) is 4.47. The zero-order chi connectivity index (χ0) is 26.8. The van der Waals surface area contributed by atoms with Gasteiger partial charge in [-0.05, 0) is 43.5 Å². The highest BCUT2D eigenvalue weighted by molar-refractivity contribution is 7.89. The summed E-state index contributed by atoms with van der Waals surface area (Å²) in [5.41, 5.74) is -1.86. The number of nitrogens with zero attached hydrogens (tertiary/aromatic N) is 4. The molecule has 1 aromatic carbocycles. The molecule has 9 nitrogen and oxygen atoms in total. The topological polar surface area (TPSA) is 104 Å². The number of aromatic nitrogens is 3. The summed E-state index contributed by atoms with van der Waals surface area (Å²) < 4.78 is 77.3. The maximum absolute atomic E-state index is 13.1. The number of carbonyl (C=O) groups is 1. The van der Waals surface area contributed by atoms with E-state index in [0.717, 1.165) is 0 Å². The molecule has 14 heteroatoms. The number of alkyl halides is 3. The fraction of sp³-hybridized carbons (Fsp3) is 0.348. The second-order valence-corrected chi connectivity index (χ2v) is 10.6. The number of hydrogen-bond donors (Lipinski definition) is 0. The molecule has 2 aromatic heterocycles. The van der Waals surface area contributed by atoms with Crippen molar-refractivity contribution in [2.45, 2.75) is 30.3 Å². The van der Waals surface area contributed by atoms with Gasteiger partial charge in [0, 0.05) is 19.4 Å². The summed E-state index contributed by atoms with van der Waals surface area (Å²) in [5.74, 6) is -0.677. The van der Waals surface area contributed by atoms with E-state index in [4.69, 9.17) is 21.1 Å². The minimum atomic E-state index is -4.26. The number of pyridine rings is 1. The molecule has 1 aliphatic rings. The number of halogens is 4. The predicted molar refractivity (Wildman–Crippen MR) is 126 cm³/mol. The van der Waals surface area contributed by atoms with E-state index in [2.05, 4.69) is 10.1 Å². The maximum atomic E-state index is 13.1. The van der Waals surface area contributed by atoms with Gasteiger partial charge in [0.1, 0.15) is 11.9 Å². The Morgan fingerprint density at radius 1 is 1.16 bits per heavy atom. The van der Waals surface area contributed by atoms with Gasteiger partial charge in [0.25, 0.3) is 15.9 Å². The average molecular weight is 559 g/mol. The standard InChI is InChI=1S/C23H22ClF3N4O5S/c1-35-15-31(37(33,34)16-5-3-2-4-6-16)21(32)17-7-8-18(28-20(17)24)30-13-9-19(29-30)36-14-12-22(10-11-22)23(25,26)27/h2-9,13H,10-12,14-15H2,1H3. The first-order valence-electron chi connectivity index (χ1n) is 11.0. The normalized spacial score (nSPS) is 14.8. The van der Waals surface area contributed by atoms with Gasteiger partial charge in [-0.2, -0.15) is 13.2 Å². The Kier molecular flexibility index (Phi) is 7.49. The quantitative estimate of drug-likeness (QED) is 0.267. The van der Waals surface area contributed by atoms with E-state index in [9.17, 15) is 26.4 Å². The highest BCUT2D eigenvalue weighted by Gasteiger charge is 2.62. The smallest absolute Gasteiger partial charge is 0.394 e. The number of sulfonamides is 1. The van der Waals surface area contributed by atoms with Gasteiger partial charge in [0.05, 0.1) is 22.5 Å². The van der Waals surface area contributed by atoms with Gasteiger partial charge in [0.2, 0.25) is 5.88 Å². The van der Waals surface area contributed by atoms with Crippen LogP contribution >= 0.6 is 11.6 Å². The summed E-state index contributed by atoms with van der Waals surface area (Å²) in [7, 11) is -3.00. The minimum Gasteiger partial charge on any atom is -0.477 e. The van der Waals surface area contributed by atoms with Gasteiger partial charge >= 0.3 is 6.18 Å². The third-order valence-corrected chi connectivity index (χ3v) is 7.96. The molecule has 0 bridgehead atoms. The molecule has 0 atom stereocenters. The monoisotopic (exact) mass is 558 g/mol. The molecule has 37 heavy (non-hydrogen) atoms. The van der Waals surface area contributed by atoms with Crippen molar-refractivity contribution >= 4 is 27.5 Å². The molecule has 0 N–H and O–H groups in total. The van der Waals surface area contributed by atoms with Crippen LogP contribution in [-0.2, 0) is 14.8 Å². The molecule has 1 fully saturated rings. The highest BCUT2D eigenvalue weighted by atomic mass is 35.5. The zero-order valence-corrected chi connectivity index (χ0v) is 21.1. The van der Waals surface area contributed by atoms with Crippen molar-refractivity contribution in [2.75, 3.05) is 20.4 Å². The summed E-state index contributed by atoms with van der Waals surface area (Å²) in [5, 5.41) is 3.84. The van der Waals surface area contributed by atoms with Crippen LogP contribution in [0.3, 0.4) is 0 Å². The number of benzene rings is 1. The molecule has 0 spiro atoms. The van der Waals surface area contributed by atoms with Gasteiger partial charge in [-0.25, -0.2) is 22.4 Å². The van der Waals surface area contributed by atoms with Crippen LogP contribution in [0.1, 0.15) is 29.6 Å². The first-order valence-corrected chi connectivity index (χ1v) is 12.8. The Balaban J connectivity index is 1.48. The van der Waals surface area contributed by atoms with Crippen LogP contribution in [0.25, 0.3) is 5.82 Å². The number of hydrogen-bond acceptors (Lipinski definition) is 7. The molecule has 1 aliphatic carbocycles. The Hall–Kier alpha value is -3.16. The van der Waals surface area contributed by atoms with Crippen LogP contribution in [0, 0.1) is 5.41 Å². The van der Waals surface area contributed by atoms with Crippen LogP contribution in [0.2, 0.25) is 5.15 Å². The van der Waals surface area contributed by atoms with Crippen LogP contribution in [0.5, 0.6) is 5.88 Å². The second-order valence-electron chi connectivity index (χ2n) is 8.37. The fourth-order valence-corrected chi connectivity index (χ4v) is 5.16. The van der Waals surface area contributed by atoms with Crippen LogP contribution < -0.4 is 4.74 Å². The Morgan fingerprint density at radius 3 is 2.46 bits per heavy atom. The molecular formula is C23H22ClF3N4O5S. The summed E-state index contributed by atoms with van der Waals surface area (Å²) in [6.07, 6.45) is -2.77. The zero-order valence-electron chi connectivity index (χ0n) is 19.5. The third kappa shape index (κ3) is 5.58. The number of amides is 1. The summed E-state index contributed by atoms with van der Waals surface area (Å²) in [6, 6.07) is 11.5. The molecule has 0 unspecified atom stereocenters. The van der Waals surface area contributed by atoms with E-state index < -0.39 is 34.3 Å².